The lowest BCUT2D eigenvalue weighted by Crippen LogP contribution is -2.45. The largest absolute Gasteiger partial charge is 0.396 e. The van der Waals surface area contributed by atoms with E-state index >= 15 is 4.11 Å². The summed E-state index contributed by atoms with van der Waals surface area (Å²) in [5.74, 6) is -0.682. The molecule has 4 atom stereocenters. The summed E-state index contributed by atoms with van der Waals surface area (Å²) in [6.07, 6.45) is 2.17. The highest BCUT2D eigenvalue weighted by Crippen LogP contribution is 2.60. The van der Waals surface area contributed by atoms with Gasteiger partial charge >= 0.3 is 0 Å². The molecule has 2 amide bonds. The highest BCUT2D eigenvalue weighted by molar-refractivity contribution is 6.72. The van der Waals surface area contributed by atoms with Crippen LogP contribution in [-0.4, -0.2) is 53.0 Å². The summed E-state index contributed by atoms with van der Waals surface area (Å²) in [4.78, 5) is 32.0. The van der Waals surface area contributed by atoms with E-state index in [0.29, 0.717) is 30.6 Å². The van der Waals surface area contributed by atoms with Gasteiger partial charge in [-0.2, -0.15) is 0 Å². The Morgan fingerprint density at radius 3 is 2.53 bits per heavy atom. The molecule has 1 spiro atoms. The number of aliphatic hydroxyl groups is 1. The van der Waals surface area contributed by atoms with Crippen molar-refractivity contribution in [3.63, 3.8) is 0 Å². The lowest BCUT2D eigenvalue weighted by molar-refractivity contribution is -0.146. The fourth-order valence-electron chi connectivity index (χ4n) is 8.51. The van der Waals surface area contributed by atoms with Gasteiger partial charge in [-0.05, 0) is 60.8 Å². The van der Waals surface area contributed by atoms with Crippen LogP contribution in [0.4, 0.5) is 21.2 Å². The molecule has 11 heteroatoms. The second kappa shape index (κ2) is 11.7. The van der Waals surface area contributed by atoms with Gasteiger partial charge in [0, 0.05) is 53.9 Å². The van der Waals surface area contributed by atoms with E-state index < -0.39 is 31.6 Å². The average Bonchev–Trinajstić information content (AvgIpc) is 3.80. The molecule has 9 nitrogen and oxygen atoms in total. The van der Waals surface area contributed by atoms with Crippen molar-refractivity contribution in [1.82, 2.24) is 15.0 Å². The fourth-order valence-corrected chi connectivity index (χ4v) is 11.1. The number of fused-ring (bicyclic) bond motifs is 2. The molecule has 0 bridgehead atoms. The Morgan fingerprint density at radius 1 is 0.980 bits per heavy atom. The summed E-state index contributed by atoms with van der Waals surface area (Å²) >= 11 is 0. The van der Waals surface area contributed by atoms with E-state index in [1.807, 2.05) is 91.9 Å². The van der Waals surface area contributed by atoms with E-state index in [4.69, 9.17) is 4.74 Å². The number of halogens is 1. The minimum Gasteiger partial charge on any atom is -0.396 e. The number of nitrogens with zero attached hydrogens (tertiary/aromatic N) is 5. The third-order valence-corrected chi connectivity index (χ3v) is 13.0. The summed E-state index contributed by atoms with van der Waals surface area (Å²) in [5, 5.41) is 19.5. The number of hydrogen-bond acceptors (Lipinski definition) is 6. The summed E-state index contributed by atoms with van der Waals surface area (Å²) in [7, 11) is -3.32. The van der Waals surface area contributed by atoms with E-state index in [-0.39, 0.29) is 25.0 Å². The van der Waals surface area contributed by atoms with Crippen LogP contribution in [0.5, 0.6) is 0 Å². The van der Waals surface area contributed by atoms with Crippen LogP contribution in [0.3, 0.4) is 0 Å². The fraction of sp³-hybridized carbons (Fsp3) is 0.316. The molecule has 0 saturated carbocycles. The van der Waals surface area contributed by atoms with Gasteiger partial charge in [-0.1, -0.05) is 66.7 Å². The number of amides is 2. The predicted molar refractivity (Wildman–Crippen MR) is 188 cm³/mol. The Labute approximate surface area is 285 Å². The Bertz CT molecular complexity index is 2110. The number of benzene rings is 4. The predicted octanol–water partition coefficient (Wildman–Crippen LogP) is 6.67. The van der Waals surface area contributed by atoms with Crippen LogP contribution in [0.2, 0.25) is 18.6 Å². The Morgan fingerprint density at radius 2 is 1.73 bits per heavy atom. The van der Waals surface area contributed by atoms with Crippen molar-refractivity contribution in [2.45, 2.75) is 63.2 Å². The van der Waals surface area contributed by atoms with E-state index in [9.17, 15) is 14.7 Å². The van der Waals surface area contributed by atoms with Crippen LogP contribution >= 0.6 is 0 Å². The maximum atomic E-state index is 16.3. The Kier molecular flexibility index (Phi) is 7.54. The quantitative estimate of drug-likeness (QED) is 0.138. The summed E-state index contributed by atoms with van der Waals surface area (Å²) < 4.78 is 24.8. The molecular formula is C38H38FN5O4Si. The topological polar surface area (TPSA) is 101 Å². The van der Waals surface area contributed by atoms with Gasteiger partial charge in [0.25, 0.3) is 11.8 Å². The molecule has 4 heterocycles. The third kappa shape index (κ3) is 4.93. The molecular weight excluding hydrogens is 638 g/mol. The zero-order valence-corrected chi connectivity index (χ0v) is 28.7. The first-order valence-electron chi connectivity index (χ1n) is 16.8. The van der Waals surface area contributed by atoms with Gasteiger partial charge in [-0.25, -0.2) is 0 Å². The molecule has 1 saturated heterocycles. The second-order valence-corrected chi connectivity index (χ2v) is 17.7. The molecule has 1 fully saturated rings. The Balaban J connectivity index is 1.11. The molecule has 8 rings (SSSR count). The van der Waals surface area contributed by atoms with Gasteiger partial charge in [0.05, 0.1) is 35.3 Å². The van der Waals surface area contributed by atoms with Crippen LogP contribution in [-0.2, 0) is 34.6 Å². The monoisotopic (exact) mass is 675 g/mol. The molecule has 4 aromatic carbocycles. The van der Waals surface area contributed by atoms with E-state index in [1.54, 1.807) is 33.8 Å². The number of rotatable bonds is 9. The van der Waals surface area contributed by atoms with Crippen molar-refractivity contribution in [2.75, 3.05) is 16.4 Å². The number of anilines is 3. The van der Waals surface area contributed by atoms with Gasteiger partial charge in [-0.15, -0.1) is 5.10 Å². The van der Waals surface area contributed by atoms with E-state index in [1.165, 1.54) is 0 Å². The number of aliphatic hydroxyl groups excluding tert-OH is 1. The zero-order valence-electron chi connectivity index (χ0n) is 27.7. The number of carbonyl (C=O) groups excluding carboxylic acids is 2. The highest BCUT2D eigenvalue weighted by atomic mass is 28.4. The van der Waals surface area contributed by atoms with Crippen LogP contribution in [0, 0.1) is 5.92 Å². The van der Waals surface area contributed by atoms with Crippen molar-refractivity contribution in [1.29, 1.82) is 0 Å². The van der Waals surface area contributed by atoms with Crippen LogP contribution in [0.15, 0.2) is 91.1 Å². The summed E-state index contributed by atoms with van der Waals surface area (Å²) in [6.45, 7) is 6.06. The minimum absolute atomic E-state index is 0.0162. The van der Waals surface area contributed by atoms with Gasteiger partial charge < -0.3 is 18.9 Å². The molecule has 3 aliphatic rings. The maximum absolute atomic E-state index is 16.3. The number of hydrogen-bond donors (Lipinski definition) is 1. The summed E-state index contributed by atoms with van der Waals surface area (Å²) in [6, 6.07) is 27.2. The number of para-hydroxylation sites is 1. The first-order valence-corrected chi connectivity index (χ1v) is 19.8. The maximum Gasteiger partial charge on any atom is 0.264 e. The first kappa shape index (κ1) is 31.5. The molecule has 1 N–H and O–H groups in total. The normalized spacial score (nSPS) is 23.0. The molecule has 5 aromatic rings. The second-order valence-electron chi connectivity index (χ2n) is 13.9. The number of carbonyl (C=O) groups is 2. The van der Waals surface area contributed by atoms with Gasteiger partial charge in [0.15, 0.2) is 5.60 Å². The van der Waals surface area contributed by atoms with Crippen LogP contribution in [0.25, 0.3) is 10.8 Å². The first-order chi connectivity index (χ1) is 23.6. The molecule has 0 aliphatic carbocycles. The number of aryl methyl sites for hydroxylation is 1. The number of ether oxygens (including phenoxy) is 1. The molecule has 0 unspecified atom stereocenters. The van der Waals surface area contributed by atoms with Crippen molar-refractivity contribution in [2.24, 2.45) is 5.92 Å². The number of aromatic nitrogens is 3. The molecule has 250 valence electrons. The lowest BCUT2D eigenvalue weighted by atomic mass is 9.82. The van der Waals surface area contributed by atoms with Crippen molar-refractivity contribution in [3.05, 3.63) is 114 Å². The van der Waals surface area contributed by atoms with E-state index in [2.05, 4.69) is 10.3 Å². The van der Waals surface area contributed by atoms with Crippen molar-refractivity contribution < 1.29 is 23.5 Å². The standard InChI is InChI=1S/C38H38FN5O4Si/c1-24-35(49(2,3)39)33(17-19-42-23-27(18-20-45)40-41-42)48-38(24)30-14-4-5-15-31(30)43(37(38)47)22-25-9-6-12-28(21-25)44-32-16-8-11-26-10-7-13-29(34(26)32)36(44)46/h4-16,21,23-24,33,35,45H,17-20,22H2,1-3H3/t24-,33+,35-,38+/m0/s1. The minimum atomic E-state index is -3.32. The van der Waals surface area contributed by atoms with Gasteiger partial charge in [-0.3, -0.25) is 19.2 Å². The van der Waals surface area contributed by atoms with E-state index in [0.717, 1.165) is 39.0 Å². The van der Waals surface area contributed by atoms with Crippen LogP contribution < -0.4 is 9.80 Å². The molecule has 1 aromatic heterocycles. The van der Waals surface area contributed by atoms with Crippen molar-refractivity contribution >= 4 is 48.1 Å². The SMILES string of the molecule is C[C@H]1[C@H]([Si](C)(C)F)[C@@H](CCn2cc(CCO)nn2)O[C@]12C(=O)N(Cc1cccc(N3C(=O)c4cccc5cccc3c45)c1)c1ccccc12. The zero-order chi connectivity index (χ0) is 34.1. The van der Waals surface area contributed by atoms with Gasteiger partial charge in [0.1, 0.15) is 0 Å². The lowest BCUT2D eigenvalue weighted by Gasteiger charge is -2.31. The summed E-state index contributed by atoms with van der Waals surface area (Å²) in [5.41, 5.74) is 3.55. The smallest absolute Gasteiger partial charge is 0.264 e. The van der Waals surface area contributed by atoms with Crippen molar-refractivity contribution in [3.8, 4) is 0 Å². The molecule has 49 heavy (non-hydrogen) atoms. The highest BCUT2D eigenvalue weighted by Gasteiger charge is 2.66. The van der Waals surface area contributed by atoms with Crippen LogP contribution in [0.1, 0.15) is 40.5 Å². The van der Waals surface area contributed by atoms with Gasteiger partial charge in [0.2, 0.25) is 8.41 Å². The Hall–Kier alpha value is -4.71. The molecule has 0 radical (unpaired) electrons. The molecule has 3 aliphatic heterocycles. The average molecular weight is 676 g/mol. The third-order valence-electron chi connectivity index (χ3n) is 10.5.